The largest absolute Gasteiger partial charge is 0.388 e. The standard InChI is InChI=1S/C15H20BrN3O2/c1-18-12-7-10(14(20)9-3-5-17-6-4-9)11(16)8-13(12)19(2)15(18)21/h7-9,14,17,20H,3-6H2,1-2H3. The minimum atomic E-state index is -0.499. The van der Waals surface area contributed by atoms with Crippen LogP contribution in [0.15, 0.2) is 21.4 Å². The molecule has 3 rings (SSSR count). The molecule has 1 aliphatic rings. The zero-order chi connectivity index (χ0) is 15.1. The van der Waals surface area contributed by atoms with Crippen molar-refractivity contribution in [2.45, 2.75) is 18.9 Å². The highest BCUT2D eigenvalue weighted by Crippen LogP contribution is 2.35. The third-order valence-corrected chi connectivity index (χ3v) is 5.23. The Morgan fingerprint density at radius 3 is 2.43 bits per heavy atom. The molecule has 6 heteroatoms. The van der Waals surface area contributed by atoms with Crippen molar-refractivity contribution in [3.63, 3.8) is 0 Å². The number of aryl methyl sites for hydroxylation is 2. The van der Waals surface area contributed by atoms with Crippen LogP contribution in [0.4, 0.5) is 0 Å². The fraction of sp³-hybridized carbons (Fsp3) is 0.533. The molecule has 2 heterocycles. The van der Waals surface area contributed by atoms with Crippen LogP contribution >= 0.6 is 15.9 Å². The molecule has 1 aromatic carbocycles. The molecule has 1 saturated heterocycles. The van der Waals surface area contributed by atoms with Gasteiger partial charge in [0.25, 0.3) is 0 Å². The smallest absolute Gasteiger partial charge is 0.328 e. The summed E-state index contributed by atoms with van der Waals surface area (Å²) in [6.07, 6.45) is 1.44. The molecule has 1 aromatic heterocycles. The maximum absolute atomic E-state index is 12.0. The van der Waals surface area contributed by atoms with Crippen LogP contribution in [-0.2, 0) is 14.1 Å². The lowest BCUT2D eigenvalue weighted by molar-refractivity contribution is 0.0884. The Labute approximate surface area is 131 Å². The van der Waals surface area contributed by atoms with Crippen molar-refractivity contribution in [1.82, 2.24) is 14.5 Å². The number of rotatable bonds is 2. The molecule has 1 unspecified atom stereocenters. The van der Waals surface area contributed by atoms with E-state index in [2.05, 4.69) is 21.2 Å². The Morgan fingerprint density at radius 2 is 1.81 bits per heavy atom. The second kappa shape index (κ2) is 5.59. The second-order valence-electron chi connectivity index (χ2n) is 5.80. The number of fused-ring (bicyclic) bond motifs is 1. The quantitative estimate of drug-likeness (QED) is 0.863. The Hall–Kier alpha value is -1.11. The Bertz CT molecular complexity index is 729. The van der Waals surface area contributed by atoms with Gasteiger partial charge in [-0.15, -0.1) is 0 Å². The van der Waals surface area contributed by atoms with E-state index in [4.69, 9.17) is 0 Å². The van der Waals surface area contributed by atoms with Crippen LogP contribution in [0.5, 0.6) is 0 Å². The van der Waals surface area contributed by atoms with E-state index in [1.807, 2.05) is 12.1 Å². The van der Waals surface area contributed by atoms with Crippen molar-refractivity contribution in [2.24, 2.45) is 20.0 Å². The van der Waals surface area contributed by atoms with Gasteiger partial charge in [0.2, 0.25) is 0 Å². The first kappa shape index (κ1) is 14.8. The lowest BCUT2D eigenvalue weighted by atomic mass is 9.88. The van der Waals surface area contributed by atoms with Crippen molar-refractivity contribution in [2.75, 3.05) is 13.1 Å². The first-order chi connectivity index (χ1) is 10.0. The summed E-state index contributed by atoms with van der Waals surface area (Å²) in [6, 6.07) is 3.86. The minimum absolute atomic E-state index is 0.0505. The molecule has 2 N–H and O–H groups in total. The van der Waals surface area contributed by atoms with Crippen molar-refractivity contribution < 1.29 is 5.11 Å². The summed E-state index contributed by atoms with van der Waals surface area (Å²) in [5.41, 5.74) is 2.55. The number of hydrogen-bond donors (Lipinski definition) is 2. The van der Waals surface area contributed by atoms with Gasteiger partial charge in [-0.05, 0) is 49.5 Å². The molecule has 0 amide bonds. The van der Waals surface area contributed by atoms with E-state index in [1.54, 1.807) is 23.2 Å². The monoisotopic (exact) mass is 353 g/mol. The molecule has 114 valence electrons. The van der Waals surface area contributed by atoms with Gasteiger partial charge in [-0.1, -0.05) is 15.9 Å². The molecular weight excluding hydrogens is 334 g/mol. The molecule has 1 aliphatic heterocycles. The van der Waals surface area contributed by atoms with Crippen molar-refractivity contribution in [3.8, 4) is 0 Å². The third kappa shape index (κ3) is 2.45. The zero-order valence-corrected chi connectivity index (χ0v) is 13.9. The molecule has 5 nitrogen and oxygen atoms in total. The average Bonchev–Trinajstić information content (AvgIpc) is 2.71. The average molecular weight is 354 g/mol. The number of hydrogen-bond acceptors (Lipinski definition) is 3. The highest BCUT2D eigenvalue weighted by atomic mass is 79.9. The number of imidazole rings is 1. The van der Waals surface area contributed by atoms with Crippen molar-refractivity contribution in [1.29, 1.82) is 0 Å². The van der Waals surface area contributed by atoms with Crippen LogP contribution in [0.25, 0.3) is 11.0 Å². The van der Waals surface area contributed by atoms with Crippen LogP contribution in [0, 0.1) is 5.92 Å². The first-order valence-corrected chi connectivity index (χ1v) is 8.03. The van der Waals surface area contributed by atoms with Crippen molar-refractivity contribution in [3.05, 3.63) is 32.7 Å². The predicted octanol–water partition coefficient (Wildman–Crippen LogP) is 1.67. The van der Waals surface area contributed by atoms with Gasteiger partial charge in [-0.25, -0.2) is 4.79 Å². The third-order valence-electron chi connectivity index (χ3n) is 4.54. The van der Waals surface area contributed by atoms with Crippen LogP contribution < -0.4 is 11.0 Å². The van der Waals surface area contributed by atoms with E-state index in [0.29, 0.717) is 0 Å². The molecule has 21 heavy (non-hydrogen) atoms. The highest BCUT2D eigenvalue weighted by Gasteiger charge is 2.25. The SMILES string of the molecule is Cn1c(=O)n(C)c2cc(C(O)C3CCNCC3)c(Br)cc21. The van der Waals surface area contributed by atoms with E-state index in [0.717, 1.165) is 47.0 Å². The predicted molar refractivity (Wildman–Crippen MR) is 86.4 cm³/mol. The van der Waals surface area contributed by atoms with Gasteiger partial charge in [0, 0.05) is 18.6 Å². The number of halogens is 1. The fourth-order valence-corrected chi connectivity index (χ4v) is 3.74. The number of aliphatic hydroxyl groups excluding tert-OH is 1. The number of nitrogens with one attached hydrogen (secondary N) is 1. The molecule has 0 bridgehead atoms. The van der Waals surface area contributed by atoms with Gasteiger partial charge in [0.15, 0.2) is 0 Å². The maximum Gasteiger partial charge on any atom is 0.328 e. The summed E-state index contributed by atoms with van der Waals surface area (Å²) >= 11 is 3.55. The van der Waals surface area contributed by atoms with E-state index in [-0.39, 0.29) is 11.6 Å². The van der Waals surface area contributed by atoms with Gasteiger partial charge in [0.05, 0.1) is 17.1 Å². The van der Waals surface area contributed by atoms with Gasteiger partial charge < -0.3 is 10.4 Å². The van der Waals surface area contributed by atoms with Crippen molar-refractivity contribution >= 4 is 27.0 Å². The minimum Gasteiger partial charge on any atom is -0.388 e. The number of benzene rings is 1. The van der Waals surface area contributed by atoms with E-state index >= 15 is 0 Å². The summed E-state index contributed by atoms with van der Waals surface area (Å²) < 4.78 is 4.11. The second-order valence-corrected chi connectivity index (χ2v) is 6.65. The molecule has 2 aromatic rings. The van der Waals surface area contributed by atoms with E-state index in [9.17, 15) is 9.90 Å². The molecule has 0 aliphatic carbocycles. The van der Waals surface area contributed by atoms with Crippen LogP contribution in [0.3, 0.4) is 0 Å². The van der Waals surface area contributed by atoms with Gasteiger partial charge >= 0.3 is 5.69 Å². The number of nitrogens with zero attached hydrogens (tertiary/aromatic N) is 2. The summed E-state index contributed by atoms with van der Waals surface area (Å²) in [5.74, 6) is 0.265. The Kier molecular flexibility index (Phi) is 3.94. The Balaban J connectivity index is 2.08. The molecule has 1 atom stereocenters. The van der Waals surface area contributed by atoms with E-state index in [1.165, 1.54) is 0 Å². The topological polar surface area (TPSA) is 59.2 Å². The van der Waals surface area contributed by atoms with Gasteiger partial charge in [-0.3, -0.25) is 9.13 Å². The van der Waals surface area contributed by atoms with Crippen LogP contribution in [-0.4, -0.2) is 27.3 Å². The number of aliphatic hydroxyl groups is 1. The van der Waals surface area contributed by atoms with E-state index < -0.39 is 6.10 Å². The molecule has 1 fully saturated rings. The summed E-state index contributed by atoms with van der Waals surface area (Å²) in [6.45, 7) is 1.90. The maximum atomic E-state index is 12.0. The molecule has 0 saturated carbocycles. The Morgan fingerprint density at radius 1 is 1.24 bits per heavy atom. The number of aromatic nitrogens is 2. The molecular formula is C15H20BrN3O2. The van der Waals surface area contributed by atoms with Crippen LogP contribution in [0.2, 0.25) is 0 Å². The highest BCUT2D eigenvalue weighted by molar-refractivity contribution is 9.10. The lowest BCUT2D eigenvalue weighted by Crippen LogP contribution is -2.31. The zero-order valence-electron chi connectivity index (χ0n) is 12.3. The normalized spacial score (nSPS) is 18.3. The van der Waals surface area contributed by atoms with Crippen LogP contribution in [0.1, 0.15) is 24.5 Å². The molecule has 0 spiro atoms. The van der Waals surface area contributed by atoms with Gasteiger partial charge in [-0.2, -0.15) is 0 Å². The summed E-state index contributed by atoms with van der Waals surface area (Å²) in [7, 11) is 3.53. The molecule has 0 radical (unpaired) electrons. The number of piperidine rings is 1. The summed E-state index contributed by atoms with van der Waals surface area (Å²) in [5, 5.41) is 14.0. The van der Waals surface area contributed by atoms with Gasteiger partial charge in [0.1, 0.15) is 0 Å². The first-order valence-electron chi connectivity index (χ1n) is 7.24. The fourth-order valence-electron chi connectivity index (χ4n) is 3.18. The summed E-state index contributed by atoms with van der Waals surface area (Å²) in [4.78, 5) is 12.0. The lowest BCUT2D eigenvalue weighted by Gasteiger charge is -2.28.